The van der Waals surface area contributed by atoms with Crippen LogP contribution in [0.4, 0.5) is 0 Å². The van der Waals surface area contributed by atoms with Crippen LogP contribution in [0.25, 0.3) is 0 Å². The molecule has 1 heterocycles. The number of allylic oxidation sites excluding steroid dienone is 5. The molecule has 0 N–H and O–H groups in total. The highest BCUT2D eigenvalue weighted by molar-refractivity contribution is 6.06. The van der Waals surface area contributed by atoms with Crippen molar-refractivity contribution in [3.63, 3.8) is 0 Å². The van der Waals surface area contributed by atoms with Gasteiger partial charge in [-0.15, -0.1) is 13.0 Å². The van der Waals surface area contributed by atoms with Crippen molar-refractivity contribution >= 4 is 11.6 Å². The number of hydrogen-bond donors (Lipinski definition) is 0. The largest absolute Gasteiger partial charge is 0.493 e. The third-order valence-electron chi connectivity index (χ3n) is 6.95. The molecule has 0 saturated heterocycles. The zero-order chi connectivity index (χ0) is 25.5. The van der Waals surface area contributed by atoms with Crippen molar-refractivity contribution in [1.82, 2.24) is 0 Å². The van der Waals surface area contributed by atoms with Crippen LogP contribution in [0.3, 0.4) is 0 Å². The van der Waals surface area contributed by atoms with Gasteiger partial charge in [-0.1, -0.05) is 45.8 Å². The number of rotatable bonds is 6. The van der Waals surface area contributed by atoms with Gasteiger partial charge in [0, 0.05) is 48.3 Å². The molecule has 0 amide bonds. The van der Waals surface area contributed by atoms with Gasteiger partial charge in [0.2, 0.25) is 0 Å². The number of ether oxygens (including phenoxy) is 3. The summed E-state index contributed by atoms with van der Waals surface area (Å²) in [6.07, 6.45) is 9.84. The highest BCUT2D eigenvalue weighted by Crippen LogP contribution is 2.54. The zero-order valence-electron chi connectivity index (χ0n) is 21.4. The second-order valence-corrected chi connectivity index (χ2v) is 11.3. The first kappa shape index (κ1) is 24.9. The molecule has 0 saturated carbocycles. The predicted molar refractivity (Wildman–Crippen MR) is 135 cm³/mol. The van der Waals surface area contributed by atoms with Gasteiger partial charge in [-0.3, -0.25) is 9.59 Å². The summed E-state index contributed by atoms with van der Waals surface area (Å²) in [6.45, 7) is 12.3. The molecular weight excluding hydrogens is 440 g/mol. The Balaban J connectivity index is 1.95. The lowest BCUT2D eigenvalue weighted by molar-refractivity contribution is -0.120. The van der Waals surface area contributed by atoms with Crippen LogP contribution < -0.4 is 9.47 Å². The molecule has 0 aromatic heterocycles. The van der Waals surface area contributed by atoms with E-state index < -0.39 is 5.92 Å². The summed E-state index contributed by atoms with van der Waals surface area (Å²) in [6, 6.07) is 3.85. The fourth-order valence-electron chi connectivity index (χ4n) is 5.59. The van der Waals surface area contributed by atoms with E-state index >= 15 is 0 Å². The third-order valence-corrected chi connectivity index (χ3v) is 6.95. The molecule has 184 valence electrons. The second kappa shape index (κ2) is 9.07. The molecule has 1 aliphatic heterocycles. The number of benzene rings is 1. The van der Waals surface area contributed by atoms with Crippen LogP contribution in [0, 0.1) is 23.2 Å². The number of carbonyl (C=O) groups excluding carboxylic acids is 2. The molecule has 3 aliphatic rings. The molecule has 5 heteroatoms. The van der Waals surface area contributed by atoms with Crippen molar-refractivity contribution in [3.05, 3.63) is 58.6 Å². The lowest BCUT2D eigenvalue weighted by Crippen LogP contribution is -2.37. The minimum Gasteiger partial charge on any atom is -0.493 e. The topological polar surface area (TPSA) is 61.8 Å². The Morgan fingerprint density at radius 2 is 1.63 bits per heavy atom. The fraction of sp³-hybridized carbons (Fsp3) is 0.467. The number of terminal acetylenes is 1. The molecule has 2 aliphatic carbocycles. The van der Waals surface area contributed by atoms with Crippen LogP contribution in [0.2, 0.25) is 0 Å². The predicted octanol–water partition coefficient (Wildman–Crippen LogP) is 5.84. The summed E-state index contributed by atoms with van der Waals surface area (Å²) in [5, 5.41) is 0. The van der Waals surface area contributed by atoms with Gasteiger partial charge >= 0.3 is 0 Å². The van der Waals surface area contributed by atoms with E-state index in [-0.39, 0.29) is 29.0 Å². The first-order chi connectivity index (χ1) is 16.5. The summed E-state index contributed by atoms with van der Waals surface area (Å²) >= 11 is 0. The SMILES string of the molecule is C#CCOc1c(CC=C)cc(C2C3=C(CC(C)(C)CC3=O)OC3=C2C(=O)CC(C)(C)C3)cc1OC. The van der Waals surface area contributed by atoms with Gasteiger partial charge < -0.3 is 14.2 Å². The number of carbonyl (C=O) groups is 2. The molecule has 0 radical (unpaired) electrons. The normalized spacial score (nSPS) is 21.0. The van der Waals surface area contributed by atoms with Crippen molar-refractivity contribution < 1.29 is 23.8 Å². The molecule has 0 bridgehead atoms. The van der Waals surface area contributed by atoms with E-state index in [1.807, 2.05) is 12.1 Å². The zero-order valence-corrected chi connectivity index (χ0v) is 21.4. The maximum atomic E-state index is 13.5. The monoisotopic (exact) mass is 474 g/mol. The molecule has 4 rings (SSSR count). The standard InChI is InChI=1S/C30H34O5/c1-8-10-18-12-19(13-22(33-7)28(18)34-11-9-2)25-26-20(31)14-29(3,4)16-23(26)35-24-17-30(5,6)15-21(32)27(24)25/h2,8,12-13,25H,1,10-11,14-17H2,3-7H3. The van der Waals surface area contributed by atoms with Crippen molar-refractivity contribution in [2.75, 3.05) is 13.7 Å². The maximum Gasteiger partial charge on any atom is 0.166 e. The van der Waals surface area contributed by atoms with E-state index in [1.165, 1.54) is 0 Å². The van der Waals surface area contributed by atoms with Gasteiger partial charge in [-0.05, 0) is 28.9 Å². The van der Waals surface area contributed by atoms with Crippen molar-refractivity contribution in [2.45, 2.75) is 65.7 Å². The lowest BCUT2D eigenvalue weighted by Gasteiger charge is -2.42. The van der Waals surface area contributed by atoms with E-state index in [9.17, 15) is 9.59 Å². The fourth-order valence-corrected chi connectivity index (χ4v) is 5.59. The Labute approximate surface area is 208 Å². The van der Waals surface area contributed by atoms with E-state index in [2.05, 4.69) is 40.2 Å². The average molecular weight is 475 g/mol. The minimum atomic E-state index is -0.500. The van der Waals surface area contributed by atoms with Crippen LogP contribution in [-0.2, 0) is 20.7 Å². The van der Waals surface area contributed by atoms with Gasteiger partial charge in [0.15, 0.2) is 23.1 Å². The Bertz CT molecular complexity index is 1150. The summed E-state index contributed by atoms with van der Waals surface area (Å²) in [7, 11) is 1.57. The number of hydrogen-bond acceptors (Lipinski definition) is 5. The van der Waals surface area contributed by atoms with E-state index in [0.717, 1.165) is 11.1 Å². The van der Waals surface area contributed by atoms with Gasteiger partial charge in [0.1, 0.15) is 18.1 Å². The molecule has 0 unspecified atom stereocenters. The third kappa shape index (κ3) is 4.67. The van der Waals surface area contributed by atoms with Crippen LogP contribution >= 0.6 is 0 Å². The Kier molecular flexibility index (Phi) is 6.44. The smallest absolute Gasteiger partial charge is 0.166 e. The number of Topliss-reactive ketones (excluding diaryl/α,β-unsaturated/α-hetero) is 2. The van der Waals surface area contributed by atoms with Crippen LogP contribution in [-0.4, -0.2) is 25.3 Å². The molecule has 5 nitrogen and oxygen atoms in total. The summed E-state index contributed by atoms with van der Waals surface area (Å²) in [5.41, 5.74) is 2.44. The quantitative estimate of drug-likeness (QED) is 0.383. The Morgan fingerprint density at radius 1 is 1.06 bits per heavy atom. The maximum absolute atomic E-state index is 13.5. The highest BCUT2D eigenvalue weighted by Gasteiger charge is 2.48. The molecule has 0 spiro atoms. The molecule has 1 aromatic rings. The van der Waals surface area contributed by atoms with E-state index in [4.69, 9.17) is 20.6 Å². The van der Waals surface area contributed by atoms with Gasteiger partial charge in [0.05, 0.1) is 7.11 Å². The van der Waals surface area contributed by atoms with E-state index in [1.54, 1.807) is 13.2 Å². The molecule has 35 heavy (non-hydrogen) atoms. The Morgan fingerprint density at radius 3 is 2.11 bits per heavy atom. The van der Waals surface area contributed by atoms with Crippen LogP contribution in [0.1, 0.15) is 70.4 Å². The minimum absolute atomic E-state index is 0.0299. The second-order valence-electron chi connectivity index (χ2n) is 11.3. The lowest BCUT2D eigenvalue weighted by atomic mass is 9.65. The number of methoxy groups -OCH3 is 1. The van der Waals surface area contributed by atoms with Crippen LogP contribution in [0.5, 0.6) is 11.5 Å². The van der Waals surface area contributed by atoms with Gasteiger partial charge in [-0.25, -0.2) is 0 Å². The van der Waals surface area contributed by atoms with Crippen molar-refractivity contribution in [3.8, 4) is 23.8 Å². The highest BCUT2D eigenvalue weighted by atomic mass is 16.5. The molecule has 1 aromatic carbocycles. The van der Waals surface area contributed by atoms with Crippen molar-refractivity contribution in [2.24, 2.45) is 10.8 Å². The average Bonchev–Trinajstić information content (AvgIpc) is 2.74. The molecule has 0 atom stereocenters. The first-order valence-corrected chi connectivity index (χ1v) is 12.1. The summed E-state index contributed by atoms with van der Waals surface area (Å²) in [5.74, 6) is 4.50. The Hall–Kier alpha value is -3.26. The molecular formula is C30H34O5. The van der Waals surface area contributed by atoms with Gasteiger partial charge in [-0.2, -0.15) is 0 Å². The summed E-state index contributed by atoms with van der Waals surface area (Å²) in [4.78, 5) is 27.1. The molecule has 0 fully saturated rings. The van der Waals surface area contributed by atoms with E-state index in [0.29, 0.717) is 66.3 Å². The van der Waals surface area contributed by atoms with Gasteiger partial charge in [0.25, 0.3) is 0 Å². The van der Waals surface area contributed by atoms with Crippen LogP contribution in [0.15, 0.2) is 47.5 Å². The number of ketones is 2. The first-order valence-electron chi connectivity index (χ1n) is 12.1. The van der Waals surface area contributed by atoms with Crippen molar-refractivity contribution in [1.29, 1.82) is 0 Å². The summed E-state index contributed by atoms with van der Waals surface area (Å²) < 4.78 is 17.9.